The molecule has 0 amide bonds. The predicted octanol–water partition coefficient (Wildman–Crippen LogP) is 3.82. The lowest BCUT2D eigenvalue weighted by molar-refractivity contribution is 0.244. The first kappa shape index (κ1) is 13.3. The SMILES string of the molecule is CC(C)Oc1cccc(NC(C)c2ccco2)c1N. The van der Waals surface area contributed by atoms with E-state index in [1.807, 2.05) is 51.1 Å². The smallest absolute Gasteiger partial charge is 0.144 e. The average molecular weight is 260 g/mol. The third kappa shape index (κ3) is 3.22. The molecule has 0 fully saturated rings. The number of hydrogen-bond donors (Lipinski definition) is 2. The van der Waals surface area contributed by atoms with Gasteiger partial charge < -0.3 is 20.2 Å². The van der Waals surface area contributed by atoms with E-state index in [1.165, 1.54) is 0 Å². The topological polar surface area (TPSA) is 60.4 Å². The number of rotatable bonds is 5. The number of hydrogen-bond acceptors (Lipinski definition) is 4. The standard InChI is InChI=1S/C15H20N2O2/c1-10(2)19-14-7-4-6-12(15(14)16)17-11(3)13-8-5-9-18-13/h4-11,17H,16H2,1-3H3. The summed E-state index contributed by atoms with van der Waals surface area (Å²) in [6.07, 6.45) is 1.76. The van der Waals surface area contributed by atoms with Crippen molar-refractivity contribution in [2.75, 3.05) is 11.1 Å². The van der Waals surface area contributed by atoms with Crippen molar-refractivity contribution in [1.82, 2.24) is 0 Å². The van der Waals surface area contributed by atoms with Crippen LogP contribution in [-0.4, -0.2) is 6.10 Å². The summed E-state index contributed by atoms with van der Waals surface area (Å²) < 4.78 is 11.0. The van der Waals surface area contributed by atoms with Gasteiger partial charge in [0.15, 0.2) is 0 Å². The fourth-order valence-electron chi connectivity index (χ4n) is 1.87. The molecule has 4 nitrogen and oxygen atoms in total. The number of benzene rings is 1. The van der Waals surface area contributed by atoms with Gasteiger partial charge in [0.05, 0.1) is 29.8 Å². The predicted molar refractivity (Wildman–Crippen MR) is 77.4 cm³/mol. The van der Waals surface area contributed by atoms with Crippen LogP contribution in [0.1, 0.15) is 32.6 Å². The van der Waals surface area contributed by atoms with Gasteiger partial charge in [-0.25, -0.2) is 0 Å². The second-order valence-corrected chi connectivity index (χ2v) is 4.77. The second-order valence-electron chi connectivity index (χ2n) is 4.77. The Labute approximate surface area is 113 Å². The molecule has 1 atom stereocenters. The maximum atomic E-state index is 6.12. The first-order valence-corrected chi connectivity index (χ1v) is 6.43. The van der Waals surface area contributed by atoms with Gasteiger partial charge in [0.25, 0.3) is 0 Å². The van der Waals surface area contributed by atoms with Crippen LogP contribution in [-0.2, 0) is 0 Å². The minimum atomic E-state index is 0.0478. The van der Waals surface area contributed by atoms with Gasteiger partial charge in [0.1, 0.15) is 11.5 Å². The molecule has 0 spiro atoms. The molecule has 0 aliphatic rings. The lowest BCUT2D eigenvalue weighted by Crippen LogP contribution is -2.11. The molecule has 1 heterocycles. The largest absolute Gasteiger partial charge is 0.489 e. The summed E-state index contributed by atoms with van der Waals surface area (Å²) in [5.41, 5.74) is 7.58. The Morgan fingerprint density at radius 2 is 1.95 bits per heavy atom. The van der Waals surface area contributed by atoms with Crippen molar-refractivity contribution in [3.8, 4) is 5.75 Å². The van der Waals surface area contributed by atoms with E-state index in [2.05, 4.69) is 5.32 Å². The summed E-state index contributed by atoms with van der Waals surface area (Å²) in [6.45, 7) is 5.98. The molecule has 0 saturated carbocycles. The Kier molecular flexibility index (Phi) is 4.00. The van der Waals surface area contributed by atoms with Crippen molar-refractivity contribution >= 4 is 11.4 Å². The van der Waals surface area contributed by atoms with Crippen molar-refractivity contribution in [1.29, 1.82) is 0 Å². The highest BCUT2D eigenvalue weighted by Crippen LogP contribution is 2.32. The number of nitrogens with one attached hydrogen (secondary N) is 1. The summed E-state index contributed by atoms with van der Waals surface area (Å²) in [5.74, 6) is 1.57. The molecule has 1 unspecified atom stereocenters. The summed E-state index contributed by atoms with van der Waals surface area (Å²) in [5, 5.41) is 3.33. The van der Waals surface area contributed by atoms with Gasteiger partial charge in [-0.2, -0.15) is 0 Å². The van der Waals surface area contributed by atoms with Crippen LogP contribution in [0.3, 0.4) is 0 Å². The zero-order valence-electron chi connectivity index (χ0n) is 11.5. The van der Waals surface area contributed by atoms with Crippen molar-refractivity contribution in [3.63, 3.8) is 0 Å². The maximum Gasteiger partial charge on any atom is 0.144 e. The Morgan fingerprint density at radius 1 is 1.16 bits per heavy atom. The van der Waals surface area contributed by atoms with E-state index in [0.717, 1.165) is 11.4 Å². The van der Waals surface area contributed by atoms with Crippen LogP contribution in [0.15, 0.2) is 41.0 Å². The van der Waals surface area contributed by atoms with E-state index < -0.39 is 0 Å². The molecule has 1 aromatic carbocycles. The summed E-state index contributed by atoms with van der Waals surface area (Å²) in [7, 11) is 0. The molecule has 0 aliphatic heterocycles. The Balaban J connectivity index is 2.16. The van der Waals surface area contributed by atoms with E-state index >= 15 is 0 Å². The van der Waals surface area contributed by atoms with E-state index in [9.17, 15) is 0 Å². The third-order valence-electron chi connectivity index (χ3n) is 2.77. The normalized spacial score (nSPS) is 12.4. The summed E-state index contributed by atoms with van der Waals surface area (Å²) >= 11 is 0. The molecule has 19 heavy (non-hydrogen) atoms. The van der Waals surface area contributed by atoms with E-state index in [0.29, 0.717) is 11.4 Å². The Hall–Kier alpha value is -2.10. The van der Waals surface area contributed by atoms with Crippen molar-refractivity contribution in [2.24, 2.45) is 0 Å². The van der Waals surface area contributed by atoms with Crippen LogP contribution in [0.4, 0.5) is 11.4 Å². The molecule has 4 heteroatoms. The van der Waals surface area contributed by atoms with Crippen LogP contribution in [0.25, 0.3) is 0 Å². The van der Waals surface area contributed by atoms with Crippen LogP contribution in [0.5, 0.6) is 5.75 Å². The Morgan fingerprint density at radius 3 is 2.58 bits per heavy atom. The highest BCUT2D eigenvalue weighted by atomic mass is 16.5. The Bertz CT molecular complexity index is 521. The first-order valence-electron chi connectivity index (χ1n) is 6.43. The van der Waals surface area contributed by atoms with Crippen LogP contribution in [0.2, 0.25) is 0 Å². The van der Waals surface area contributed by atoms with Gasteiger partial charge in [0.2, 0.25) is 0 Å². The van der Waals surface area contributed by atoms with E-state index in [-0.39, 0.29) is 12.1 Å². The fourth-order valence-corrected chi connectivity index (χ4v) is 1.87. The van der Waals surface area contributed by atoms with Crippen LogP contribution < -0.4 is 15.8 Å². The molecule has 0 bridgehead atoms. The average Bonchev–Trinajstić information content (AvgIpc) is 2.87. The molecule has 102 valence electrons. The second kappa shape index (κ2) is 5.69. The third-order valence-corrected chi connectivity index (χ3v) is 2.77. The summed E-state index contributed by atoms with van der Waals surface area (Å²) in [4.78, 5) is 0. The quantitative estimate of drug-likeness (QED) is 0.802. The van der Waals surface area contributed by atoms with E-state index in [4.69, 9.17) is 14.9 Å². The molecule has 0 aliphatic carbocycles. The van der Waals surface area contributed by atoms with Crippen LogP contribution in [0, 0.1) is 0 Å². The monoisotopic (exact) mass is 260 g/mol. The van der Waals surface area contributed by atoms with Gasteiger partial charge in [-0.3, -0.25) is 0 Å². The van der Waals surface area contributed by atoms with E-state index in [1.54, 1.807) is 6.26 Å². The number of nitrogen functional groups attached to an aromatic ring is 1. The summed E-state index contributed by atoms with van der Waals surface area (Å²) in [6, 6.07) is 9.58. The fraction of sp³-hybridized carbons (Fsp3) is 0.333. The zero-order valence-corrected chi connectivity index (χ0v) is 11.5. The minimum absolute atomic E-state index is 0.0478. The lowest BCUT2D eigenvalue weighted by Gasteiger charge is -2.18. The molecule has 0 radical (unpaired) electrons. The highest BCUT2D eigenvalue weighted by Gasteiger charge is 2.12. The molecule has 0 saturated heterocycles. The molecule has 2 rings (SSSR count). The number of para-hydroxylation sites is 1. The van der Waals surface area contributed by atoms with Gasteiger partial charge in [-0.15, -0.1) is 0 Å². The molecular formula is C15H20N2O2. The zero-order chi connectivity index (χ0) is 13.8. The van der Waals surface area contributed by atoms with Gasteiger partial charge in [-0.05, 0) is 45.0 Å². The van der Waals surface area contributed by atoms with Gasteiger partial charge in [0, 0.05) is 0 Å². The molecule has 2 aromatic rings. The highest BCUT2D eigenvalue weighted by molar-refractivity contribution is 5.73. The number of nitrogens with two attached hydrogens (primary N) is 1. The molecule has 3 N–H and O–H groups in total. The van der Waals surface area contributed by atoms with Crippen LogP contribution >= 0.6 is 0 Å². The van der Waals surface area contributed by atoms with Gasteiger partial charge >= 0.3 is 0 Å². The number of furan rings is 1. The molecule has 1 aromatic heterocycles. The first-order chi connectivity index (χ1) is 9.08. The number of anilines is 2. The van der Waals surface area contributed by atoms with Crippen molar-refractivity contribution in [2.45, 2.75) is 32.9 Å². The maximum absolute atomic E-state index is 6.12. The van der Waals surface area contributed by atoms with Gasteiger partial charge in [-0.1, -0.05) is 6.07 Å². The van der Waals surface area contributed by atoms with Crippen molar-refractivity contribution in [3.05, 3.63) is 42.4 Å². The number of ether oxygens (including phenoxy) is 1. The lowest BCUT2D eigenvalue weighted by atomic mass is 10.2. The molecular weight excluding hydrogens is 240 g/mol. The van der Waals surface area contributed by atoms with Crippen molar-refractivity contribution < 1.29 is 9.15 Å². The minimum Gasteiger partial charge on any atom is -0.489 e.